The van der Waals surface area contributed by atoms with Gasteiger partial charge in [0.2, 0.25) is 0 Å². The Balaban J connectivity index is 3.21. The molecule has 0 fully saturated rings. The molecule has 0 aliphatic carbocycles. The van der Waals surface area contributed by atoms with Gasteiger partial charge in [-0.05, 0) is 15.9 Å². The van der Waals surface area contributed by atoms with Crippen molar-refractivity contribution < 1.29 is 10.0 Å². The second kappa shape index (κ2) is 3.21. The second-order valence-corrected chi connectivity index (χ2v) is 2.83. The largest absolute Gasteiger partial charge is 0.493 e. The van der Waals surface area contributed by atoms with E-state index in [0.717, 1.165) is 0 Å². The van der Waals surface area contributed by atoms with Crippen LogP contribution in [0, 0.1) is 0 Å². The summed E-state index contributed by atoms with van der Waals surface area (Å²) in [5.41, 5.74) is -0.473. The molecule has 1 heterocycles. The number of aromatic nitrogens is 1. The summed E-state index contributed by atoms with van der Waals surface area (Å²) in [5, 5.41) is 17.2. The fourth-order valence-corrected chi connectivity index (χ4v) is 0.982. The van der Waals surface area contributed by atoms with Gasteiger partial charge in [-0.1, -0.05) is 0 Å². The molecule has 6 heteroatoms. The van der Waals surface area contributed by atoms with E-state index in [2.05, 4.69) is 20.9 Å². The molecule has 58 valence electrons. The van der Waals surface area contributed by atoms with E-state index >= 15 is 0 Å². The number of hydrogen-bond acceptors (Lipinski definition) is 3. The lowest BCUT2D eigenvalue weighted by Crippen LogP contribution is -2.41. The minimum atomic E-state index is -1.72. The van der Waals surface area contributed by atoms with Crippen molar-refractivity contribution in [2.24, 2.45) is 0 Å². The molecule has 0 amide bonds. The van der Waals surface area contributed by atoms with Crippen molar-refractivity contribution in [3.05, 3.63) is 27.1 Å². The first-order valence-corrected chi connectivity index (χ1v) is 3.65. The molecular weight excluding hydrogens is 213 g/mol. The van der Waals surface area contributed by atoms with E-state index in [0.29, 0.717) is 4.60 Å². The Labute approximate surface area is 71.2 Å². The van der Waals surface area contributed by atoms with Crippen molar-refractivity contribution in [2.75, 3.05) is 0 Å². The quantitative estimate of drug-likeness (QED) is 0.410. The molecule has 3 N–H and O–H groups in total. The Hall–Kier alpha value is -0.585. The summed E-state index contributed by atoms with van der Waals surface area (Å²) in [6.45, 7) is 0. The van der Waals surface area contributed by atoms with Crippen LogP contribution in [0.4, 0.5) is 0 Å². The molecule has 0 bridgehead atoms. The number of hydrogen-bond donors (Lipinski definition) is 3. The molecule has 0 spiro atoms. The smallest absolute Gasteiger partial charge is 0.423 e. The van der Waals surface area contributed by atoms with Gasteiger partial charge in [-0.2, -0.15) is 0 Å². The zero-order valence-electron chi connectivity index (χ0n) is 5.41. The maximum Gasteiger partial charge on any atom is 0.493 e. The van der Waals surface area contributed by atoms with Gasteiger partial charge in [0, 0.05) is 17.7 Å². The van der Waals surface area contributed by atoms with E-state index in [-0.39, 0.29) is 5.46 Å². The molecule has 0 atom stereocenters. The summed E-state index contributed by atoms with van der Waals surface area (Å²) in [7, 11) is -1.72. The maximum absolute atomic E-state index is 10.9. The van der Waals surface area contributed by atoms with Gasteiger partial charge in [0.25, 0.3) is 0 Å². The van der Waals surface area contributed by atoms with Crippen molar-refractivity contribution in [3.8, 4) is 0 Å². The number of halogens is 1. The van der Waals surface area contributed by atoms with Gasteiger partial charge in [-0.3, -0.25) is 4.79 Å². The monoisotopic (exact) mass is 217 g/mol. The Morgan fingerprint density at radius 3 is 2.64 bits per heavy atom. The fraction of sp³-hybridized carbons (Fsp3) is 0. The zero-order chi connectivity index (χ0) is 8.43. The topological polar surface area (TPSA) is 73.3 Å². The summed E-state index contributed by atoms with van der Waals surface area (Å²) < 4.78 is 0.506. The lowest BCUT2D eigenvalue weighted by atomic mass is 9.81. The Kier molecular flexibility index (Phi) is 2.48. The number of nitrogens with one attached hydrogen (secondary N) is 1. The first kappa shape index (κ1) is 8.51. The van der Waals surface area contributed by atoms with Crippen LogP contribution in [0.2, 0.25) is 0 Å². The third kappa shape index (κ3) is 1.92. The van der Waals surface area contributed by atoms with Crippen molar-refractivity contribution in [3.63, 3.8) is 0 Å². The van der Waals surface area contributed by atoms with E-state index in [9.17, 15) is 4.79 Å². The van der Waals surface area contributed by atoms with Crippen LogP contribution in [-0.2, 0) is 0 Å². The van der Waals surface area contributed by atoms with E-state index in [1.807, 2.05) is 0 Å². The van der Waals surface area contributed by atoms with E-state index in [1.54, 1.807) is 0 Å². The molecule has 0 aliphatic heterocycles. The van der Waals surface area contributed by atoms with Gasteiger partial charge >= 0.3 is 7.12 Å². The lowest BCUT2D eigenvalue weighted by Gasteiger charge is -1.96. The minimum absolute atomic E-state index is 0.0619. The van der Waals surface area contributed by atoms with Crippen molar-refractivity contribution >= 4 is 28.5 Å². The van der Waals surface area contributed by atoms with Crippen molar-refractivity contribution in [1.82, 2.24) is 4.98 Å². The van der Waals surface area contributed by atoms with Crippen LogP contribution in [0.1, 0.15) is 0 Å². The SMILES string of the molecule is O=c1cc(Br)[nH]cc1B(O)O. The molecule has 0 radical (unpaired) electrons. The average molecular weight is 218 g/mol. The first-order chi connectivity index (χ1) is 5.11. The lowest BCUT2D eigenvalue weighted by molar-refractivity contribution is 0.425. The van der Waals surface area contributed by atoms with Gasteiger partial charge in [0.1, 0.15) is 0 Å². The highest BCUT2D eigenvalue weighted by atomic mass is 79.9. The van der Waals surface area contributed by atoms with Gasteiger partial charge in [0.15, 0.2) is 5.43 Å². The Morgan fingerprint density at radius 1 is 1.55 bits per heavy atom. The molecule has 11 heavy (non-hydrogen) atoms. The molecule has 0 saturated heterocycles. The number of aromatic amines is 1. The highest BCUT2D eigenvalue weighted by Gasteiger charge is 2.14. The van der Waals surface area contributed by atoms with Crippen LogP contribution < -0.4 is 10.9 Å². The standard InChI is InChI=1S/C5H5BBrNO3/c7-5-1-4(9)3(2-8-5)6(10)11/h1-2,10-11H,(H,8,9). The first-order valence-electron chi connectivity index (χ1n) is 2.85. The highest BCUT2D eigenvalue weighted by molar-refractivity contribution is 9.10. The predicted octanol–water partition coefficient (Wildman–Crippen LogP) is -1.18. The summed E-state index contributed by atoms with van der Waals surface area (Å²) in [6.07, 6.45) is 1.25. The summed E-state index contributed by atoms with van der Waals surface area (Å²) in [5.74, 6) is 0. The Morgan fingerprint density at radius 2 is 2.18 bits per heavy atom. The number of pyridine rings is 1. The van der Waals surface area contributed by atoms with Crippen LogP contribution in [0.3, 0.4) is 0 Å². The van der Waals surface area contributed by atoms with Gasteiger partial charge in [-0.25, -0.2) is 0 Å². The van der Waals surface area contributed by atoms with Crippen molar-refractivity contribution in [1.29, 1.82) is 0 Å². The molecule has 1 rings (SSSR count). The molecule has 0 aromatic carbocycles. The van der Waals surface area contributed by atoms with Crippen LogP contribution in [0.15, 0.2) is 21.7 Å². The predicted molar refractivity (Wildman–Crippen MR) is 44.6 cm³/mol. The van der Waals surface area contributed by atoms with E-state index in [1.165, 1.54) is 12.3 Å². The van der Waals surface area contributed by atoms with E-state index in [4.69, 9.17) is 10.0 Å². The van der Waals surface area contributed by atoms with Crippen molar-refractivity contribution in [2.45, 2.75) is 0 Å². The van der Waals surface area contributed by atoms with Crippen LogP contribution in [-0.4, -0.2) is 22.2 Å². The zero-order valence-corrected chi connectivity index (χ0v) is 7.00. The van der Waals surface area contributed by atoms with Gasteiger partial charge in [-0.15, -0.1) is 0 Å². The number of rotatable bonds is 1. The second-order valence-electron chi connectivity index (χ2n) is 1.97. The van der Waals surface area contributed by atoms with Gasteiger partial charge < -0.3 is 15.0 Å². The summed E-state index contributed by atoms with van der Waals surface area (Å²) in [6, 6.07) is 1.23. The number of H-pyrrole nitrogens is 1. The van der Waals surface area contributed by atoms with Gasteiger partial charge in [0.05, 0.1) is 4.60 Å². The minimum Gasteiger partial charge on any atom is -0.423 e. The average Bonchev–Trinajstić information content (AvgIpc) is 1.85. The summed E-state index contributed by atoms with van der Waals surface area (Å²) in [4.78, 5) is 13.5. The highest BCUT2D eigenvalue weighted by Crippen LogP contribution is 1.97. The third-order valence-electron chi connectivity index (χ3n) is 1.19. The third-order valence-corrected chi connectivity index (χ3v) is 1.64. The molecule has 1 aromatic rings. The van der Waals surface area contributed by atoms with Crippen LogP contribution >= 0.6 is 15.9 Å². The molecule has 1 aromatic heterocycles. The molecule has 4 nitrogen and oxygen atoms in total. The molecule has 0 unspecified atom stereocenters. The Bertz CT molecular complexity index is 311. The van der Waals surface area contributed by atoms with Crippen LogP contribution in [0.25, 0.3) is 0 Å². The summed E-state index contributed by atoms with van der Waals surface area (Å²) >= 11 is 3.03. The van der Waals surface area contributed by atoms with E-state index < -0.39 is 12.5 Å². The van der Waals surface area contributed by atoms with Crippen LogP contribution in [0.5, 0.6) is 0 Å². The molecule has 0 saturated carbocycles. The molecule has 0 aliphatic rings. The normalized spacial score (nSPS) is 9.73. The molecular formula is C5H5BBrNO3. The maximum atomic E-state index is 10.9. The fourth-order valence-electron chi connectivity index (χ4n) is 0.660.